The van der Waals surface area contributed by atoms with E-state index in [1.54, 1.807) is 24.4 Å². The molecule has 1 fully saturated rings. The fourth-order valence-electron chi connectivity index (χ4n) is 3.32. The standard InChI is InChI=1S/C20H17ClFN7/c1-11-24-15(10-16(25-11)29-8-3-9-29)27-20-18-14(6-7-23-20)26-19(28-18)17-12(21)4-2-5-13(17)22/h2,4-7,10H,3,8-9H2,1H3,(H,26,28)(H,23,24,25,27). The lowest BCUT2D eigenvalue weighted by Crippen LogP contribution is -2.37. The first kappa shape index (κ1) is 17.8. The first-order chi connectivity index (χ1) is 14.1. The van der Waals surface area contributed by atoms with Crippen LogP contribution in [0.2, 0.25) is 5.02 Å². The van der Waals surface area contributed by atoms with Crippen LogP contribution in [0.5, 0.6) is 0 Å². The fourth-order valence-corrected chi connectivity index (χ4v) is 3.57. The topological polar surface area (TPSA) is 82.6 Å². The molecule has 1 aliphatic heterocycles. The van der Waals surface area contributed by atoms with Crippen molar-refractivity contribution in [2.75, 3.05) is 23.3 Å². The van der Waals surface area contributed by atoms with Gasteiger partial charge >= 0.3 is 0 Å². The zero-order valence-electron chi connectivity index (χ0n) is 15.6. The molecule has 0 unspecified atom stereocenters. The molecule has 5 rings (SSSR count). The van der Waals surface area contributed by atoms with Crippen molar-refractivity contribution in [2.24, 2.45) is 0 Å². The minimum absolute atomic E-state index is 0.231. The van der Waals surface area contributed by atoms with E-state index in [-0.39, 0.29) is 10.6 Å². The number of halogens is 2. The number of anilines is 3. The monoisotopic (exact) mass is 409 g/mol. The maximum atomic E-state index is 14.3. The van der Waals surface area contributed by atoms with Gasteiger partial charge in [-0.2, -0.15) is 0 Å². The van der Waals surface area contributed by atoms with Gasteiger partial charge in [-0.1, -0.05) is 17.7 Å². The molecule has 9 heteroatoms. The number of rotatable bonds is 4. The summed E-state index contributed by atoms with van der Waals surface area (Å²) in [5, 5.41) is 3.53. The van der Waals surface area contributed by atoms with Crippen molar-refractivity contribution >= 4 is 40.1 Å². The maximum absolute atomic E-state index is 14.3. The number of nitrogens with zero attached hydrogens (tertiary/aromatic N) is 5. The molecule has 0 atom stereocenters. The van der Waals surface area contributed by atoms with Crippen LogP contribution in [-0.4, -0.2) is 38.0 Å². The minimum Gasteiger partial charge on any atom is -0.356 e. The highest BCUT2D eigenvalue weighted by molar-refractivity contribution is 6.33. The quantitative estimate of drug-likeness (QED) is 0.517. The summed E-state index contributed by atoms with van der Waals surface area (Å²) in [5.74, 6) is 2.65. The Labute approximate surface area is 171 Å². The molecular weight excluding hydrogens is 393 g/mol. The summed E-state index contributed by atoms with van der Waals surface area (Å²) in [5.41, 5.74) is 1.52. The van der Waals surface area contributed by atoms with Crippen LogP contribution in [-0.2, 0) is 0 Å². The predicted octanol–water partition coefficient (Wildman–Crippen LogP) is 4.47. The van der Waals surface area contributed by atoms with Crippen molar-refractivity contribution in [3.8, 4) is 11.4 Å². The van der Waals surface area contributed by atoms with Crippen LogP contribution < -0.4 is 10.2 Å². The van der Waals surface area contributed by atoms with Crippen LogP contribution >= 0.6 is 11.6 Å². The van der Waals surface area contributed by atoms with E-state index in [9.17, 15) is 4.39 Å². The van der Waals surface area contributed by atoms with Gasteiger partial charge in [-0.15, -0.1) is 0 Å². The second-order valence-corrected chi connectivity index (χ2v) is 7.27. The Morgan fingerprint density at radius 1 is 1.17 bits per heavy atom. The van der Waals surface area contributed by atoms with Crippen LogP contribution in [0, 0.1) is 12.7 Å². The normalized spacial score (nSPS) is 13.6. The summed E-state index contributed by atoms with van der Waals surface area (Å²) in [4.78, 5) is 23.2. The summed E-state index contributed by atoms with van der Waals surface area (Å²) in [6.45, 7) is 3.85. The Balaban J connectivity index is 1.55. The van der Waals surface area contributed by atoms with Crippen LogP contribution in [0.15, 0.2) is 36.5 Å². The summed E-state index contributed by atoms with van der Waals surface area (Å²) >= 11 is 6.19. The number of pyridine rings is 1. The number of aromatic amines is 1. The summed E-state index contributed by atoms with van der Waals surface area (Å²) in [6, 6.07) is 8.20. The molecule has 1 aromatic carbocycles. The molecule has 0 radical (unpaired) electrons. The molecule has 3 aromatic heterocycles. The largest absolute Gasteiger partial charge is 0.356 e. The van der Waals surface area contributed by atoms with Gasteiger partial charge in [0.15, 0.2) is 5.82 Å². The lowest BCUT2D eigenvalue weighted by molar-refractivity contribution is 0.608. The SMILES string of the molecule is Cc1nc(Nc2nccc3nc(-c4c(F)cccc4Cl)[nH]c23)cc(N2CCC2)n1. The summed E-state index contributed by atoms with van der Waals surface area (Å²) in [7, 11) is 0. The number of aryl methyl sites for hydroxylation is 1. The van der Waals surface area contributed by atoms with Crippen molar-refractivity contribution in [3.05, 3.63) is 53.2 Å². The van der Waals surface area contributed by atoms with Crippen molar-refractivity contribution < 1.29 is 4.39 Å². The van der Waals surface area contributed by atoms with Gasteiger partial charge in [-0.3, -0.25) is 0 Å². The first-order valence-corrected chi connectivity index (χ1v) is 9.63. The zero-order valence-corrected chi connectivity index (χ0v) is 16.3. The van der Waals surface area contributed by atoms with E-state index < -0.39 is 5.82 Å². The van der Waals surface area contributed by atoms with Crippen molar-refractivity contribution in [3.63, 3.8) is 0 Å². The molecule has 146 valence electrons. The van der Waals surface area contributed by atoms with Crippen LogP contribution in [0.3, 0.4) is 0 Å². The Kier molecular flexibility index (Phi) is 4.28. The lowest BCUT2D eigenvalue weighted by Gasteiger charge is -2.32. The van der Waals surface area contributed by atoms with Crippen LogP contribution in [0.1, 0.15) is 12.2 Å². The van der Waals surface area contributed by atoms with Crippen molar-refractivity contribution in [1.82, 2.24) is 24.9 Å². The number of benzene rings is 1. The zero-order chi connectivity index (χ0) is 20.0. The second kappa shape index (κ2) is 6.97. The van der Waals surface area contributed by atoms with Gasteiger partial charge in [-0.25, -0.2) is 24.3 Å². The Morgan fingerprint density at radius 3 is 2.79 bits per heavy atom. The number of H-pyrrole nitrogens is 1. The van der Waals surface area contributed by atoms with E-state index in [1.807, 2.05) is 13.0 Å². The minimum atomic E-state index is -0.440. The predicted molar refractivity (Wildman–Crippen MR) is 111 cm³/mol. The molecule has 1 saturated heterocycles. The van der Waals surface area contributed by atoms with Crippen LogP contribution in [0.25, 0.3) is 22.4 Å². The highest BCUT2D eigenvalue weighted by atomic mass is 35.5. The number of fused-ring (bicyclic) bond motifs is 1. The van der Waals surface area contributed by atoms with Gasteiger partial charge in [0.2, 0.25) is 0 Å². The molecule has 0 spiro atoms. The molecule has 1 aliphatic rings. The average Bonchev–Trinajstić information content (AvgIpc) is 3.04. The Morgan fingerprint density at radius 2 is 2.03 bits per heavy atom. The highest BCUT2D eigenvalue weighted by Gasteiger charge is 2.19. The third-order valence-electron chi connectivity index (χ3n) is 4.86. The fraction of sp³-hybridized carbons (Fsp3) is 0.200. The molecule has 4 heterocycles. The molecular formula is C20H17ClFN7. The van der Waals surface area contributed by atoms with Crippen molar-refractivity contribution in [2.45, 2.75) is 13.3 Å². The van der Waals surface area contributed by atoms with Gasteiger partial charge in [0.25, 0.3) is 0 Å². The van der Waals surface area contributed by atoms with Gasteiger partial charge in [0.05, 0.1) is 16.1 Å². The summed E-state index contributed by atoms with van der Waals surface area (Å²) < 4.78 is 14.3. The molecule has 0 aliphatic carbocycles. The van der Waals surface area contributed by atoms with E-state index in [2.05, 4.69) is 35.1 Å². The van der Waals surface area contributed by atoms with E-state index in [1.165, 1.54) is 12.5 Å². The number of hydrogen-bond acceptors (Lipinski definition) is 6. The number of hydrogen-bond donors (Lipinski definition) is 2. The summed E-state index contributed by atoms with van der Waals surface area (Å²) in [6.07, 6.45) is 2.81. The Hall–Kier alpha value is -3.26. The molecule has 2 N–H and O–H groups in total. The first-order valence-electron chi connectivity index (χ1n) is 9.25. The second-order valence-electron chi connectivity index (χ2n) is 6.86. The molecule has 0 bridgehead atoms. The third kappa shape index (κ3) is 3.25. The molecule has 4 aromatic rings. The number of imidazole rings is 1. The van der Waals surface area contributed by atoms with E-state index in [0.717, 1.165) is 18.9 Å². The lowest BCUT2D eigenvalue weighted by atomic mass is 10.2. The molecule has 0 saturated carbocycles. The van der Waals surface area contributed by atoms with Gasteiger partial charge in [0.1, 0.15) is 34.6 Å². The van der Waals surface area contributed by atoms with Gasteiger partial charge in [0, 0.05) is 25.4 Å². The van der Waals surface area contributed by atoms with E-state index in [0.29, 0.717) is 34.3 Å². The smallest absolute Gasteiger partial charge is 0.157 e. The van der Waals surface area contributed by atoms with Crippen LogP contribution in [0.4, 0.5) is 21.8 Å². The van der Waals surface area contributed by atoms with Crippen molar-refractivity contribution in [1.29, 1.82) is 0 Å². The van der Waals surface area contributed by atoms with E-state index >= 15 is 0 Å². The molecule has 29 heavy (non-hydrogen) atoms. The average molecular weight is 410 g/mol. The molecule has 0 amide bonds. The Bertz CT molecular complexity index is 1200. The number of aromatic nitrogens is 5. The third-order valence-corrected chi connectivity index (χ3v) is 5.17. The van der Waals surface area contributed by atoms with Gasteiger partial charge < -0.3 is 15.2 Å². The van der Waals surface area contributed by atoms with E-state index in [4.69, 9.17) is 11.6 Å². The molecule has 7 nitrogen and oxygen atoms in total. The number of nitrogens with one attached hydrogen (secondary N) is 2. The van der Waals surface area contributed by atoms with Gasteiger partial charge in [-0.05, 0) is 31.5 Å². The maximum Gasteiger partial charge on any atom is 0.157 e. The highest BCUT2D eigenvalue weighted by Crippen LogP contribution is 2.32.